The summed E-state index contributed by atoms with van der Waals surface area (Å²) in [5.41, 5.74) is 0. The Bertz CT molecular complexity index is 1540. The second-order valence-corrected chi connectivity index (χ2v) is 21.5. The van der Waals surface area contributed by atoms with Crippen LogP contribution < -0.4 is 0 Å². The number of carbonyl (C=O) groups is 1. The van der Waals surface area contributed by atoms with Crippen LogP contribution >= 0.6 is 7.82 Å². The number of hydrogen-bond acceptors (Lipinski definition) is 11. The number of ether oxygens (including phenoxy) is 2. The van der Waals surface area contributed by atoms with Gasteiger partial charge in [-0.05, 0) is 89.9 Å². The molecule has 0 aromatic heterocycles. The van der Waals surface area contributed by atoms with Crippen molar-refractivity contribution in [3.63, 3.8) is 0 Å². The molecule has 428 valence electrons. The SMILES string of the molecule is CC/C=C\C/C=C\C/C=C\C/C=C\C/C=C\CCCCCCCCCCOCC(COP(=O)(O)OC1C(O)C(O)C(O)C(O)C1O)OC(=O)CCCCCCCCCCCCC/C=C\C/C=C\CCCCCCC. The Morgan fingerprint density at radius 3 is 1.22 bits per heavy atom. The van der Waals surface area contributed by atoms with Crippen molar-refractivity contribution in [2.75, 3.05) is 19.8 Å². The van der Waals surface area contributed by atoms with Crippen LogP contribution in [-0.4, -0.2) is 98.9 Å². The lowest BCUT2D eigenvalue weighted by atomic mass is 9.85. The number of unbranched alkanes of at least 4 members (excludes halogenated alkanes) is 24. The predicted octanol–water partition coefficient (Wildman–Crippen LogP) is 14.4. The molecule has 0 saturated heterocycles. The molecule has 6 atom stereocenters. The van der Waals surface area contributed by atoms with E-state index in [0.717, 1.165) is 89.9 Å². The molecular weight excluding hydrogens is 956 g/mol. The highest BCUT2D eigenvalue weighted by Crippen LogP contribution is 2.47. The minimum atomic E-state index is -5.04. The number of aliphatic hydroxyl groups excluding tert-OH is 5. The van der Waals surface area contributed by atoms with E-state index in [1.54, 1.807) is 0 Å². The molecule has 0 spiro atoms. The zero-order chi connectivity index (χ0) is 54.0. The van der Waals surface area contributed by atoms with Gasteiger partial charge in [-0.1, -0.05) is 221 Å². The number of hydrogen-bond donors (Lipinski definition) is 6. The van der Waals surface area contributed by atoms with Crippen LogP contribution in [0.3, 0.4) is 0 Å². The maximum atomic E-state index is 12.9. The van der Waals surface area contributed by atoms with Gasteiger partial charge in [0.05, 0.1) is 13.2 Å². The molecule has 0 radical (unpaired) electrons. The maximum absolute atomic E-state index is 12.9. The fourth-order valence-corrected chi connectivity index (χ4v) is 9.62. The summed E-state index contributed by atoms with van der Waals surface area (Å²) in [6.07, 6.45) is 56.4. The summed E-state index contributed by atoms with van der Waals surface area (Å²) < 4.78 is 34.4. The van der Waals surface area contributed by atoms with E-state index in [9.17, 15) is 39.8 Å². The monoisotopic (exact) mass is 1060 g/mol. The van der Waals surface area contributed by atoms with Crippen LogP contribution in [0, 0.1) is 0 Å². The lowest BCUT2D eigenvalue weighted by molar-refractivity contribution is -0.220. The standard InChI is InChI=1S/C61H107O12P/c1-3-5-7-9-11-13-15-17-19-21-23-25-27-29-31-33-35-37-39-41-43-45-47-49-51-70-52-54(53-71-74(68,69)73-61-59(66)57(64)56(63)58(65)60(61)67)72-55(62)50-48-46-44-42-40-38-36-34-32-30-28-26-24-22-20-18-16-14-12-10-8-6-4-2/h5,7,11,13,16-19,22-25,29,31,54,56-61,63-67H,3-4,6,8-10,12,14-15,20-21,26-28,30,32-53H2,1-2H3,(H,68,69)/b7-5-,13-11-,18-16-,19-17-,24-22-,25-23-,31-29-. The van der Waals surface area contributed by atoms with Crippen LogP contribution in [0.2, 0.25) is 0 Å². The van der Waals surface area contributed by atoms with Crippen LogP contribution in [0.1, 0.15) is 232 Å². The number of rotatable bonds is 50. The summed E-state index contributed by atoms with van der Waals surface area (Å²) >= 11 is 0. The second kappa shape index (κ2) is 50.1. The number of carbonyl (C=O) groups excluding carboxylic acids is 1. The van der Waals surface area contributed by atoms with Crippen LogP contribution in [0.25, 0.3) is 0 Å². The number of esters is 1. The van der Waals surface area contributed by atoms with Gasteiger partial charge in [0.25, 0.3) is 0 Å². The summed E-state index contributed by atoms with van der Waals surface area (Å²) in [4.78, 5) is 23.4. The molecule has 6 N–H and O–H groups in total. The highest BCUT2D eigenvalue weighted by Gasteiger charge is 2.51. The molecule has 0 aromatic carbocycles. The Labute approximate surface area is 450 Å². The molecule has 0 aromatic rings. The lowest BCUT2D eigenvalue weighted by Gasteiger charge is -2.41. The van der Waals surface area contributed by atoms with Crippen LogP contribution in [0.15, 0.2) is 85.1 Å². The van der Waals surface area contributed by atoms with E-state index in [4.69, 9.17) is 18.5 Å². The number of aliphatic hydroxyl groups is 5. The fourth-order valence-electron chi connectivity index (χ4n) is 8.65. The molecule has 0 amide bonds. The number of phosphoric ester groups is 1. The fraction of sp³-hybridized carbons (Fsp3) is 0.754. The minimum absolute atomic E-state index is 0.0871. The van der Waals surface area contributed by atoms with Crippen molar-refractivity contribution in [2.24, 2.45) is 0 Å². The van der Waals surface area contributed by atoms with Crippen molar-refractivity contribution in [3.05, 3.63) is 85.1 Å². The third kappa shape index (κ3) is 40.7. The Balaban J connectivity index is 2.29. The number of allylic oxidation sites excluding steroid dienone is 14. The molecule has 1 fully saturated rings. The first-order valence-corrected chi connectivity index (χ1v) is 30.9. The van der Waals surface area contributed by atoms with Gasteiger partial charge in [0, 0.05) is 13.0 Å². The van der Waals surface area contributed by atoms with Crippen LogP contribution in [0.4, 0.5) is 0 Å². The van der Waals surface area contributed by atoms with Gasteiger partial charge in [0.15, 0.2) is 0 Å². The zero-order valence-electron chi connectivity index (χ0n) is 46.4. The largest absolute Gasteiger partial charge is 0.472 e. The molecule has 1 aliphatic carbocycles. The molecule has 0 heterocycles. The Morgan fingerprint density at radius 1 is 0.446 bits per heavy atom. The molecule has 0 bridgehead atoms. The Morgan fingerprint density at radius 2 is 0.797 bits per heavy atom. The average Bonchev–Trinajstić information content (AvgIpc) is 3.39. The molecule has 12 nitrogen and oxygen atoms in total. The molecule has 1 saturated carbocycles. The minimum Gasteiger partial charge on any atom is -0.457 e. The third-order valence-corrected chi connectivity index (χ3v) is 14.2. The smallest absolute Gasteiger partial charge is 0.457 e. The summed E-state index contributed by atoms with van der Waals surface area (Å²) in [6.45, 7) is 4.14. The van der Waals surface area contributed by atoms with E-state index < -0.39 is 63.1 Å². The Kier molecular flexibility index (Phi) is 47.0. The topological polar surface area (TPSA) is 192 Å². The summed E-state index contributed by atoms with van der Waals surface area (Å²) in [5.74, 6) is -0.483. The highest BCUT2D eigenvalue weighted by atomic mass is 31.2. The first kappa shape index (κ1) is 69.5. The highest BCUT2D eigenvalue weighted by molar-refractivity contribution is 7.47. The van der Waals surface area contributed by atoms with Gasteiger partial charge in [0.1, 0.15) is 42.7 Å². The van der Waals surface area contributed by atoms with Gasteiger partial charge < -0.3 is 39.9 Å². The first-order chi connectivity index (χ1) is 36.0. The van der Waals surface area contributed by atoms with Crippen molar-refractivity contribution >= 4 is 13.8 Å². The van der Waals surface area contributed by atoms with E-state index in [0.29, 0.717) is 13.0 Å². The lowest BCUT2D eigenvalue weighted by Crippen LogP contribution is -2.64. The van der Waals surface area contributed by atoms with Crippen molar-refractivity contribution in [3.8, 4) is 0 Å². The van der Waals surface area contributed by atoms with Crippen molar-refractivity contribution in [1.29, 1.82) is 0 Å². The van der Waals surface area contributed by atoms with Gasteiger partial charge in [-0.15, -0.1) is 0 Å². The average molecular weight is 1060 g/mol. The first-order valence-electron chi connectivity index (χ1n) is 29.4. The van der Waals surface area contributed by atoms with E-state index >= 15 is 0 Å². The third-order valence-electron chi connectivity index (χ3n) is 13.3. The van der Waals surface area contributed by atoms with Crippen LogP contribution in [-0.2, 0) is 27.9 Å². The quantitative estimate of drug-likeness (QED) is 0.0146. The zero-order valence-corrected chi connectivity index (χ0v) is 47.3. The molecule has 74 heavy (non-hydrogen) atoms. The predicted molar refractivity (Wildman–Crippen MR) is 304 cm³/mol. The van der Waals surface area contributed by atoms with E-state index in [1.807, 2.05) is 0 Å². The van der Waals surface area contributed by atoms with Crippen molar-refractivity contribution < 1.29 is 58.3 Å². The second-order valence-electron chi connectivity index (χ2n) is 20.1. The van der Waals surface area contributed by atoms with Gasteiger partial charge in [0.2, 0.25) is 0 Å². The van der Waals surface area contributed by atoms with E-state index in [1.165, 1.54) is 116 Å². The molecule has 0 aliphatic heterocycles. The summed E-state index contributed by atoms with van der Waals surface area (Å²) in [6, 6.07) is 0. The molecular formula is C61H107O12P. The van der Waals surface area contributed by atoms with Gasteiger partial charge in [-0.3, -0.25) is 13.8 Å². The maximum Gasteiger partial charge on any atom is 0.472 e. The van der Waals surface area contributed by atoms with E-state index in [2.05, 4.69) is 98.9 Å². The molecule has 1 rings (SSSR count). The van der Waals surface area contributed by atoms with Gasteiger partial charge in [-0.25, -0.2) is 4.57 Å². The summed E-state index contributed by atoms with van der Waals surface area (Å²) in [5, 5.41) is 50.5. The van der Waals surface area contributed by atoms with Gasteiger partial charge >= 0.3 is 13.8 Å². The normalized spacial score (nSPS) is 21.0. The Hall–Kier alpha value is -2.48. The van der Waals surface area contributed by atoms with E-state index in [-0.39, 0.29) is 13.0 Å². The molecule has 1 aliphatic rings. The molecule has 13 heteroatoms. The van der Waals surface area contributed by atoms with Crippen molar-refractivity contribution in [1.82, 2.24) is 0 Å². The van der Waals surface area contributed by atoms with Gasteiger partial charge in [-0.2, -0.15) is 0 Å². The number of phosphoric acid groups is 1. The molecule has 6 unspecified atom stereocenters. The van der Waals surface area contributed by atoms with Crippen LogP contribution in [0.5, 0.6) is 0 Å². The summed E-state index contributed by atoms with van der Waals surface area (Å²) in [7, 11) is -5.04. The van der Waals surface area contributed by atoms with Crippen molar-refractivity contribution in [2.45, 2.75) is 275 Å².